The molecule has 26 heavy (non-hydrogen) atoms. The summed E-state index contributed by atoms with van der Waals surface area (Å²) in [6.07, 6.45) is 0. The van der Waals surface area contributed by atoms with E-state index in [1.165, 1.54) is 6.07 Å². The Morgan fingerprint density at radius 1 is 1.15 bits per heavy atom. The molecule has 1 amide bonds. The van der Waals surface area contributed by atoms with E-state index in [4.69, 9.17) is 9.52 Å². The fraction of sp³-hybridized carbons (Fsp3) is 0.105. The number of furan rings is 1. The van der Waals surface area contributed by atoms with E-state index in [0.717, 1.165) is 5.56 Å². The van der Waals surface area contributed by atoms with Gasteiger partial charge in [-0.3, -0.25) is 14.9 Å². The Hall–Kier alpha value is -3.45. The van der Waals surface area contributed by atoms with Crippen LogP contribution in [0.4, 0.5) is 11.4 Å². The number of nitro benzene ring substituents is 1. The monoisotopic (exact) mass is 352 g/mol. The SMILES string of the molecule is Cc1ccc(C(=O)Nc2ccc(-c3ccc(CO)o3)cc2)cc1[N+](=O)[O-]. The zero-order chi connectivity index (χ0) is 18.7. The maximum Gasteiger partial charge on any atom is 0.273 e. The van der Waals surface area contributed by atoms with Crippen molar-refractivity contribution in [3.05, 3.63) is 81.6 Å². The lowest BCUT2D eigenvalue weighted by molar-refractivity contribution is -0.385. The second kappa shape index (κ2) is 7.20. The first kappa shape index (κ1) is 17.4. The molecule has 7 nitrogen and oxygen atoms in total. The van der Waals surface area contributed by atoms with Crippen LogP contribution in [0.15, 0.2) is 59.0 Å². The average molecular weight is 352 g/mol. The van der Waals surface area contributed by atoms with Crippen molar-refractivity contribution in [1.82, 2.24) is 0 Å². The number of amides is 1. The third kappa shape index (κ3) is 3.62. The van der Waals surface area contributed by atoms with Gasteiger partial charge in [-0.25, -0.2) is 0 Å². The van der Waals surface area contributed by atoms with Gasteiger partial charge in [0.05, 0.1) is 4.92 Å². The van der Waals surface area contributed by atoms with Crippen LogP contribution in [0.25, 0.3) is 11.3 Å². The van der Waals surface area contributed by atoms with Crippen molar-refractivity contribution in [2.24, 2.45) is 0 Å². The first-order valence-corrected chi connectivity index (χ1v) is 7.84. The van der Waals surface area contributed by atoms with Crippen molar-refractivity contribution >= 4 is 17.3 Å². The van der Waals surface area contributed by atoms with Gasteiger partial charge in [-0.15, -0.1) is 0 Å². The minimum Gasteiger partial charge on any atom is -0.459 e. The van der Waals surface area contributed by atoms with E-state index >= 15 is 0 Å². The van der Waals surface area contributed by atoms with Crippen LogP contribution >= 0.6 is 0 Å². The van der Waals surface area contributed by atoms with Gasteiger partial charge in [-0.05, 0) is 49.4 Å². The smallest absolute Gasteiger partial charge is 0.273 e. The van der Waals surface area contributed by atoms with Crippen LogP contribution in [0.3, 0.4) is 0 Å². The molecule has 2 aromatic carbocycles. The topological polar surface area (TPSA) is 106 Å². The molecule has 132 valence electrons. The molecule has 0 unspecified atom stereocenters. The molecule has 0 aliphatic carbocycles. The molecule has 0 radical (unpaired) electrons. The van der Waals surface area contributed by atoms with Gasteiger partial charge in [-0.1, -0.05) is 6.07 Å². The molecular weight excluding hydrogens is 336 g/mol. The van der Waals surface area contributed by atoms with E-state index in [1.807, 2.05) is 0 Å². The van der Waals surface area contributed by atoms with Gasteiger partial charge in [-0.2, -0.15) is 0 Å². The maximum absolute atomic E-state index is 12.3. The highest BCUT2D eigenvalue weighted by Crippen LogP contribution is 2.24. The van der Waals surface area contributed by atoms with Gasteiger partial charge < -0.3 is 14.8 Å². The van der Waals surface area contributed by atoms with Crippen LogP contribution in [0, 0.1) is 17.0 Å². The van der Waals surface area contributed by atoms with Crippen LogP contribution in [0.5, 0.6) is 0 Å². The van der Waals surface area contributed by atoms with Crippen molar-refractivity contribution in [1.29, 1.82) is 0 Å². The fourth-order valence-corrected chi connectivity index (χ4v) is 2.49. The Morgan fingerprint density at radius 2 is 1.88 bits per heavy atom. The molecule has 0 atom stereocenters. The highest BCUT2D eigenvalue weighted by atomic mass is 16.6. The van der Waals surface area contributed by atoms with E-state index < -0.39 is 10.8 Å². The predicted octanol–water partition coefficient (Wildman–Crippen LogP) is 3.91. The number of benzene rings is 2. The van der Waals surface area contributed by atoms with Crippen LogP contribution in [0.1, 0.15) is 21.7 Å². The van der Waals surface area contributed by atoms with Crippen molar-refractivity contribution in [2.75, 3.05) is 5.32 Å². The Morgan fingerprint density at radius 3 is 2.50 bits per heavy atom. The standard InChI is InChI=1S/C19H16N2O5/c1-12-2-3-14(10-17(12)21(24)25)19(23)20-15-6-4-13(5-7-15)18-9-8-16(11-22)26-18/h2-10,22H,11H2,1H3,(H,20,23). The Labute approximate surface area is 149 Å². The lowest BCUT2D eigenvalue weighted by Gasteiger charge is -2.07. The van der Waals surface area contributed by atoms with Crippen molar-refractivity contribution < 1.29 is 19.2 Å². The van der Waals surface area contributed by atoms with Gasteiger partial charge in [0.25, 0.3) is 11.6 Å². The summed E-state index contributed by atoms with van der Waals surface area (Å²) in [6, 6.07) is 14.8. The number of aryl methyl sites for hydroxylation is 1. The van der Waals surface area contributed by atoms with E-state index in [9.17, 15) is 14.9 Å². The summed E-state index contributed by atoms with van der Waals surface area (Å²) in [5, 5.41) is 22.7. The third-order valence-electron chi connectivity index (χ3n) is 3.91. The van der Waals surface area contributed by atoms with Crippen LogP contribution in [-0.4, -0.2) is 15.9 Å². The maximum atomic E-state index is 12.3. The zero-order valence-electron chi connectivity index (χ0n) is 13.9. The van der Waals surface area contributed by atoms with Crippen molar-refractivity contribution in [3.8, 4) is 11.3 Å². The molecule has 3 rings (SSSR count). The largest absolute Gasteiger partial charge is 0.459 e. The number of aliphatic hydroxyl groups is 1. The second-order valence-electron chi connectivity index (χ2n) is 5.71. The van der Waals surface area contributed by atoms with Crippen LogP contribution in [-0.2, 0) is 6.61 Å². The quantitative estimate of drug-likeness (QED) is 0.535. The summed E-state index contributed by atoms with van der Waals surface area (Å²) >= 11 is 0. The van der Waals surface area contributed by atoms with Crippen LogP contribution < -0.4 is 5.32 Å². The number of rotatable bonds is 5. The summed E-state index contributed by atoms with van der Waals surface area (Å²) in [4.78, 5) is 22.8. The van der Waals surface area contributed by atoms with E-state index in [0.29, 0.717) is 22.8 Å². The fourth-order valence-electron chi connectivity index (χ4n) is 2.49. The number of nitrogens with one attached hydrogen (secondary N) is 1. The lowest BCUT2D eigenvalue weighted by atomic mass is 10.1. The molecule has 1 aromatic heterocycles. The van der Waals surface area contributed by atoms with Crippen molar-refractivity contribution in [2.45, 2.75) is 13.5 Å². The van der Waals surface area contributed by atoms with Gasteiger partial charge in [0.15, 0.2) is 0 Å². The first-order chi connectivity index (χ1) is 12.5. The van der Waals surface area contributed by atoms with Gasteiger partial charge in [0.2, 0.25) is 0 Å². The number of carbonyl (C=O) groups is 1. The van der Waals surface area contributed by atoms with Gasteiger partial charge in [0.1, 0.15) is 18.1 Å². The van der Waals surface area contributed by atoms with Crippen molar-refractivity contribution in [3.63, 3.8) is 0 Å². The minimum atomic E-state index is -0.509. The molecule has 2 N–H and O–H groups in total. The number of aliphatic hydroxyl groups excluding tert-OH is 1. The number of hydrogen-bond donors (Lipinski definition) is 2. The normalized spacial score (nSPS) is 10.5. The van der Waals surface area contributed by atoms with Gasteiger partial charge in [0, 0.05) is 28.4 Å². The zero-order valence-corrected chi connectivity index (χ0v) is 13.9. The van der Waals surface area contributed by atoms with Gasteiger partial charge >= 0.3 is 0 Å². The summed E-state index contributed by atoms with van der Waals surface area (Å²) in [7, 11) is 0. The molecule has 0 saturated carbocycles. The Kier molecular flexibility index (Phi) is 4.81. The Bertz CT molecular complexity index is 960. The highest BCUT2D eigenvalue weighted by Gasteiger charge is 2.15. The number of anilines is 1. The lowest BCUT2D eigenvalue weighted by Crippen LogP contribution is -2.12. The number of hydrogen-bond acceptors (Lipinski definition) is 5. The second-order valence-corrected chi connectivity index (χ2v) is 5.71. The molecule has 1 heterocycles. The molecule has 0 spiro atoms. The molecule has 0 fully saturated rings. The summed E-state index contributed by atoms with van der Waals surface area (Å²) in [6.45, 7) is 1.45. The third-order valence-corrected chi connectivity index (χ3v) is 3.91. The predicted molar refractivity (Wildman–Crippen MR) is 95.9 cm³/mol. The molecule has 0 aliphatic rings. The number of nitro groups is 1. The van der Waals surface area contributed by atoms with Crippen LogP contribution in [0.2, 0.25) is 0 Å². The van der Waals surface area contributed by atoms with E-state index in [2.05, 4.69) is 5.32 Å². The summed E-state index contributed by atoms with van der Waals surface area (Å²) in [5.74, 6) is 0.654. The molecule has 3 aromatic rings. The summed E-state index contributed by atoms with van der Waals surface area (Å²) in [5.41, 5.74) is 1.97. The minimum absolute atomic E-state index is 0.0921. The Balaban J connectivity index is 1.75. The molecule has 0 aliphatic heterocycles. The summed E-state index contributed by atoms with van der Waals surface area (Å²) < 4.78 is 5.45. The average Bonchev–Trinajstić information content (AvgIpc) is 3.11. The molecule has 0 bridgehead atoms. The van der Waals surface area contributed by atoms with E-state index in [-0.39, 0.29) is 17.9 Å². The molecule has 0 saturated heterocycles. The number of carbonyl (C=O) groups excluding carboxylic acids is 1. The number of nitrogens with zero attached hydrogens (tertiary/aromatic N) is 1. The highest BCUT2D eigenvalue weighted by molar-refractivity contribution is 6.04. The van der Waals surface area contributed by atoms with E-state index in [1.54, 1.807) is 55.5 Å². The molecule has 7 heteroatoms. The first-order valence-electron chi connectivity index (χ1n) is 7.84. The molecular formula is C19H16N2O5.